The van der Waals surface area contributed by atoms with Crippen LogP contribution in [0.1, 0.15) is 32.1 Å². The summed E-state index contributed by atoms with van der Waals surface area (Å²) in [5.74, 6) is 0.413. The van der Waals surface area contributed by atoms with Crippen LogP contribution in [-0.4, -0.2) is 55.6 Å². The molecule has 3 N–H and O–H groups in total. The van der Waals surface area contributed by atoms with Gasteiger partial charge in [0.05, 0.1) is 13.2 Å². The molecular weight excluding hydrogens is 258 g/mol. The second-order valence-electron chi connectivity index (χ2n) is 5.59. The fourth-order valence-corrected chi connectivity index (χ4v) is 2.98. The van der Waals surface area contributed by atoms with Gasteiger partial charge in [0.1, 0.15) is 0 Å². The van der Waals surface area contributed by atoms with Gasteiger partial charge in [-0.3, -0.25) is 9.59 Å². The van der Waals surface area contributed by atoms with Gasteiger partial charge in [-0.25, -0.2) is 0 Å². The van der Waals surface area contributed by atoms with Crippen LogP contribution in [0.15, 0.2) is 0 Å². The van der Waals surface area contributed by atoms with Crippen LogP contribution in [0.4, 0.5) is 0 Å². The number of rotatable bonds is 5. The Bertz CT molecular complexity index is 343. The molecule has 1 aliphatic heterocycles. The molecule has 0 spiro atoms. The van der Waals surface area contributed by atoms with E-state index in [0.29, 0.717) is 38.8 Å². The van der Waals surface area contributed by atoms with E-state index in [9.17, 15) is 9.59 Å². The van der Waals surface area contributed by atoms with Crippen LogP contribution in [0, 0.1) is 5.92 Å². The van der Waals surface area contributed by atoms with Crippen molar-refractivity contribution in [3.05, 3.63) is 0 Å². The Labute approximate surface area is 120 Å². The SMILES string of the molecule is NCC1CCCC1NC(=O)CCC(=O)N1CCOCC1. The molecule has 1 aliphatic carbocycles. The van der Waals surface area contributed by atoms with Crippen molar-refractivity contribution in [3.63, 3.8) is 0 Å². The Morgan fingerprint density at radius 2 is 1.95 bits per heavy atom. The first-order chi connectivity index (χ1) is 9.70. The molecular formula is C14H25N3O3. The largest absolute Gasteiger partial charge is 0.378 e. The highest BCUT2D eigenvalue weighted by molar-refractivity contribution is 5.84. The van der Waals surface area contributed by atoms with Crippen LogP contribution in [0.3, 0.4) is 0 Å². The minimum Gasteiger partial charge on any atom is -0.378 e. The normalized spacial score (nSPS) is 26.6. The molecule has 2 amide bonds. The summed E-state index contributed by atoms with van der Waals surface area (Å²) >= 11 is 0. The van der Waals surface area contributed by atoms with Gasteiger partial charge in [0, 0.05) is 32.0 Å². The fourth-order valence-electron chi connectivity index (χ4n) is 2.98. The minimum atomic E-state index is -0.0306. The molecule has 0 aromatic rings. The summed E-state index contributed by atoms with van der Waals surface area (Å²) in [7, 11) is 0. The highest BCUT2D eigenvalue weighted by Crippen LogP contribution is 2.24. The average Bonchev–Trinajstić information content (AvgIpc) is 2.92. The second-order valence-corrected chi connectivity index (χ2v) is 5.59. The number of hydrogen-bond acceptors (Lipinski definition) is 4. The molecule has 2 unspecified atom stereocenters. The number of ether oxygens (including phenoxy) is 1. The average molecular weight is 283 g/mol. The lowest BCUT2D eigenvalue weighted by Gasteiger charge is -2.27. The summed E-state index contributed by atoms with van der Waals surface area (Å²) in [5, 5.41) is 3.02. The van der Waals surface area contributed by atoms with Gasteiger partial charge in [-0.15, -0.1) is 0 Å². The molecule has 114 valence electrons. The fraction of sp³-hybridized carbons (Fsp3) is 0.857. The Balaban J connectivity index is 1.68. The maximum absolute atomic E-state index is 11.9. The standard InChI is InChI=1S/C14H25N3O3/c15-10-11-2-1-3-12(11)16-13(18)4-5-14(19)17-6-8-20-9-7-17/h11-12H,1-10,15H2,(H,16,18). The van der Waals surface area contributed by atoms with Crippen molar-refractivity contribution in [2.24, 2.45) is 11.7 Å². The first-order valence-corrected chi connectivity index (χ1v) is 7.55. The molecule has 2 atom stereocenters. The summed E-state index contributed by atoms with van der Waals surface area (Å²) in [6.45, 7) is 3.09. The third-order valence-corrected chi connectivity index (χ3v) is 4.24. The van der Waals surface area contributed by atoms with Gasteiger partial charge in [-0.2, -0.15) is 0 Å². The van der Waals surface area contributed by atoms with E-state index >= 15 is 0 Å². The Morgan fingerprint density at radius 1 is 1.20 bits per heavy atom. The summed E-state index contributed by atoms with van der Waals surface area (Å²) in [6.07, 6.45) is 3.77. The zero-order chi connectivity index (χ0) is 14.4. The van der Waals surface area contributed by atoms with Crippen molar-refractivity contribution in [3.8, 4) is 0 Å². The summed E-state index contributed by atoms with van der Waals surface area (Å²) in [4.78, 5) is 25.6. The van der Waals surface area contributed by atoms with Crippen molar-refractivity contribution in [1.82, 2.24) is 10.2 Å². The van der Waals surface area contributed by atoms with Crippen molar-refractivity contribution in [2.75, 3.05) is 32.8 Å². The number of nitrogens with two attached hydrogens (primary N) is 1. The van der Waals surface area contributed by atoms with E-state index in [1.807, 2.05) is 0 Å². The van der Waals surface area contributed by atoms with Crippen molar-refractivity contribution in [2.45, 2.75) is 38.1 Å². The molecule has 1 saturated heterocycles. The molecule has 20 heavy (non-hydrogen) atoms. The highest BCUT2D eigenvalue weighted by atomic mass is 16.5. The van der Waals surface area contributed by atoms with E-state index in [1.165, 1.54) is 0 Å². The summed E-state index contributed by atoms with van der Waals surface area (Å²) in [6, 6.07) is 0.200. The number of carbonyl (C=O) groups excluding carboxylic acids is 2. The topological polar surface area (TPSA) is 84.7 Å². The molecule has 0 aromatic heterocycles. The van der Waals surface area contributed by atoms with Gasteiger partial charge in [0.15, 0.2) is 0 Å². The first-order valence-electron chi connectivity index (χ1n) is 7.55. The quantitative estimate of drug-likeness (QED) is 0.736. The predicted octanol–water partition coefficient (Wildman–Crippen LogP) is -0.131. The molecule has 1 saturated carbocycles. The number of carbonyl (C=O) groups is 2. The number of nitrogens with zero attached hydrogens (tertiary/aromatic N) is 1. The van der Waals surface area contributed by atoms with Gasteiger partial charge in [-0.1, -0.05) is 6.42 Å². The Morgan fingerprint density at radius 3 is 2.65 bits per heavy atom. The van der Waals surface area contributed by atoms with Gasteiger partial charge >= 0.3 is 0 Å². The van der Waals surface area contributed by atoms with E-state index in [2.05, 4.69) is 5.32 Å². The molecule has 2 rings (SSSR count). The van der Waals surface area contributed by atoms with E-state index in [-0.39, 0.29) is 30.7 Å². The Kier molecular flexibility index (Phi) is 5.79. The molecule has 6 nitrogen and oxygen atoms in total. The molecule has 0 radical (unpaired) electrons. The molecule has 6 heteroatoms. The van der Waals surface area contributed by atoms with E-state index < -0.39 is 0 Å². The molecule has 2 aliphatic rings. The number of hydrogen-bond donors (Lipinski definition) is 2. The van der Waals surface area contributed by atoms with Crippen LogP contribution in [-0.2, 0) is 14.3 Å². The smallest absolute Gasteiger partial charge is 0.223 e. The van der Waals surface area contributed by atoms with Crippen LogP contribution in [0.2, 0.25) is 0 Å². The zero-order valence-electron chi connectivity index (χ0n) is 12.0. The van der Waals surface area contributed by atoms with E-state index in [4.69, 9.17) is 10.5 Å². The van der Waals surface area contributed by atoms with Gasteiger partial charge in [-0.05, 0) is 25.3 Å². The second kappa shape index (κ2) is 7.59. The van der Waals surface area contributed by atoms with Crippen LogP contribution >= 0.6 is 0 Å². The van der Waals surface area contributed by atoms with Gasteiger partial charge < -0.3 is 20.7 Å². The van der Waals surface area contributed by atoms with Crippen LogP contribution < -0.4 is 11.1 Å². The van der Waals surface area contributed by atoms with Crippen molar-refractivity contribution >= 4 is 11.8 Å². The minimum absolute atomic E-state index is 0.0306. The summed E-state index contributed by atoms with van der Waals surface area (Å²) in [5.41, 5.74) is 5.70. The molecule has 1 heterocycles. The predicted molar refractivity (Wildman–Crippen MR) is 75.0 cm³/mol. The molecule has 2 fully saturated rings. The van der Waals surface area contributed by atoms with Crippen molar-refractivity contribution in [1.29, 1.82) is 0 Å². The first kappa shape index (κ1) is 15.3. The lowest BCUT2D eigenvalue weighted by molar-refractivity contribution is -0.137. The highest BCUT2D eigenvalue weighted by Gasteiger charge is 2.27. The summed E-state index contributed by atoms with van der Waals surface area (Å²) < 4.78 is 5.20. The van der Waals surface area contributed by atoms with E-state index in [0.717, 1.165) is 19.3 Å². The maximum atomic E-state index is 11.9. The molecule has 0 aromatic carbocycles. The Hall–Kier alpha value is -1.14. The third-order valence-electron chi connectivity index (χ3n) is 4.24. The van der Waals surface area contributed by atoms with Crippen LogP contribution in [0.5, 0.6) is 0 Å². The number of nitrogens with one attached hydrogen (secondary N) is 1. The maximum Gasteiger partial charge on any atom is 0.223 e. The monoisotopic (exact) mass is 283 g/mol. The molecule has 0 bridgehead atoms. The van der Waals surface area contributed by atoms with Crippen molar-refractivity contribution < 1.29 is 14.3 Å². The zero-order valence-corrected chi connectivity index (χ0v) is 12.0. The van der Waals surface area contributed by atoms with Gasteiger partial charge in [0.25, 0.3) is 0 Å². The lowest BCUT2D eigenvalue weighted by atomic mass is 10.0. The number of amides is 2. The lowest BCUT2D eigenvalue weighted by Crippen LogP contribution is -2.42. The van der Waals surface area contributed by atoms with E-state index in [1.54, 1.807) is 4.90 Å². The van der Waals surface area contributed by atoms with Gasteiger partial charge in [0.2, 0.25) is 11.8 Å². The van der Waals surface area contributed by atoms with Crippen LogP contribution in [0.25, 0.3) is 0 Å². The third kappa shape index (κ3) is 4.18. The number of morpholine rings is 1.